The van der Waals surface area contributed by atoms with Crippen molar-refractivity contribution in [1.29, 1.82) is 5.26 Å². The van der Waals surface area contributed by atoms with Gasteiger partial charge in [-0.2, -0.15) is 5.26 Å². The van der Waals surface area contributed by atoms with Gasteiger partial charge in [-0.25, -0.2) is 4.98 Å². The molecule has 0 aliphatic heterocycles. The van der Waals surface area contributed by atoms with Crippen LogP contribution >= 0.6 is 0 Å². The number of nitrogen functional groups attached to an aromatic ring is 1. The number of aromatic nitrogens is 1. The highest BCUT2D eigenvalue weighted by molar-refractivity contribution is 6.05. The van der Waals surface area contributed by atoms with Crippen molar-refractivity contribution in [3.8, 4) is 11.8 Å². The fourth-order valence-electron chi connectivity index (χ4n) is 1.57. The number of methoxy groups -OCH3 is 1. The lowest BCUT2D eigenvalue weighted by Crippen LogP contribution is -2.13. The lowest BCUT2D eigenvalue weighted by Gasteiger charge is -2.08. The summed E-state index contributed by atoms with van der Waals surface area (Å²) in [4.78, 5) is 15.9. The van der Waals surface area contributed by atoms with E-state index >= 15 is 0 Å². The number of amides is 1. The first kappa shape index (κ1) is 13.4. The predicted molar refractivity (Wildman–Crippen MR) is 74.3 cm³/mol. The molecule has 0 bridgehead atoms. The van der Waals surface area contributed by atoms with Gasteiger partial charge in [0.05, 0.1) is 18.4 Å². The van der Waals surface area contributed by atoms with E-state index in [1.54, 1.807) is 31.4 Å². The van der Waals surface area contributed by atoms with Crippen molar-refractivity contribution in [1.82, 2.24) is 4.98 Å². The number of carbonyl (C=O) groups is 1. The average Bonchev–Trinajstić information content (AvgIpc) is 2.49. The molecule has 1 amide bonds. The Labute approximate surface area is 115 Å². The van der Waals surface area contributed by atoms with Crippen LogP contribution in [0.5, 0.6) is 5.75 Å². The highest BCUT2D eigenvalue weighted by Gasteiger charge is 2.09. The van der Waals surface area contributed by atoms with Gasteiger partial charge in [-0.3, -0.25) is 4.79 Å². The average molecular weight is 268 g/mol. The molecule has 1 aromatic heterocycles. The van der Waals surface area contributed by atoms with Gasteiger partial charge < -0.3 is 15.8 Å². The highest BCUT2D eigenvalue weighted by atomic mass is 16.5. The number of nitrogens with zero attached hydrogens (tertiary/aromatic N) is 2. The van der Waals surface area contributed by atoms with E-state index in [9.17, 15) is 4.79 Å². The SMILES string of the molecule is COc1ccc(C(=O)Nc2cc(C#N)cnc2N)cc1. The number of ether oxygens (including phenoxy) is 1. The molecule has 6 heteroatoms. The Morgan fingerprint density at radius 2 is 2.10 bits per heavy atom. The van der Waals surface area contributed by atoms with Crippen molar-refractivity contribution in [3.63, 3.8) is 0 Å². The third-order valence-corrected chi connectivity index (χ3v) is 2.65. The van der Waals surface area contributed by atoms with Crippen LogP contribution < -0.4 is 15.8 Å². The van der Waals surface area contributed by atoms with E-state index in [2.05, 4.69) is 10.3 Å². The minimum atomic E-state index is -0.337. The normalized spacial score (nSPS) is 9.60. The number of nitriles is 1. The van der Waals surface area contributed by atoms with Gasteiger partial charge in [0, 0.05) is 11.8 Å². The van der Waals surface area contributed by atoms with Crippen LogP contribution in [0.1, 0.15) is 15.9 Å². The van der Waals surface area contributed by atoms with Crippen molar-refractivity contribution in [2.45, 2.75) is 0 Å². The number of hydrogen-bond donors (Lipinski definition) is 2. The van der Waals surface area contributed by atoms with Gasteiger partial charge in [0.25, 0.3) is 5.91 Å². The molecule has 6 nitrogen and oxygen atoms in total. The van der Waals surface area contributed by atoms with E-state index < -0.39 is 0 Å². The molecule has 0 fully saturated rings. The van der Waals surface area contributed by atoms with Crippen molar-refractivity contribution in [2.75, 3.05) is 18.2 Å². The van der Waals surface area contributed by atoms with Crippen LogP contribution in [0.4, 0.5) is 11.5 Å². The monoisotopic (exact) mass is 268 g/mol. The lowest BCUT2D eigenvalue weighted by atomic mass is 10.2. The standard InChI is InChI=1S/C14H12N4O2/c1-20-11-4-2-10(3-5-11)14(19)18-12-6-9(7-15)8-17-13(12)16/h2-6,8H,1H3,(H2,16,17)(H,18,19). The number of rotatable bonds is 3. The Morgan fingerprint density at radius 3 is 2.70 bits per heavy atom. The molecular formula is C14H12N4O2. The quantitative estimate of drug-likeness (QED) is 0.883. The van der Waals surface area contributed by atoms with E-state index in [0.717, 1.165) is 0 Å². The van der Waals surface area contributed by atoms with E-state index in [4.69, 9.17) is 15.7 Å². The van der Waals surface area contributed by atoms with Crippen LogP contribution in [0.2, 0.25) is 0 Å². The summed E-state index contributed by atoms with van der Waals surface area (Å²) < 4.78 is 5.02. The van der Waals surface area contributed by atoms with Gasteiger partial charge in [-0.15, -0.1) is 0 Å². The van der Waals surface area contributed by atoms with Gasteiger partial charge in [0.2, 0.25) is 0 Å². The van der Waals surface area contributed by atoms with E-state index in [-0.39, 0.29) is 11.7 Å². The molecule has 100 valence electrons. The molecule has 2 aromatic rings. The molecule has 0 unspecified atom stereocenters. The molecule has 0 radical (unpaired) electrons. The Hall–Kier alpha value is -3.07. The molecule has 0 saturated heterocycles. The molecule has 1 heterocycles. The minimum absolute atomic E-state index is 0.158. The molecule has 3 N–H and O–H groups in total. The summed E-state index contributed by atoms with van der Waals surface area (Å²) >= 11 is 0. The number of benzene rings is 1. The third kappa shape index (κ3) is 2.84. The first-order valence-electron chi connectivity index (χ1n) is 5.75. The second-order valence-corrected chi connectivity index (χ2v) is 3.95. The number of nitrogens with two attached hydrogens (primary N) is 1. The summed E-state index contributed by atoms with van der Waals surface area (Å²) in [6, 6.07) is 10.0. The van der Waals surface area contributed by atoms with Crippen LogP contribution in [0.25, 0.3) is 0 Å². The maximum Gasteiger partial charge on any atom is 0.255 e. The second-order valence-electron chi connectivity index (χ2n) is 3.95. The predicted octanol–water partition coefficient (Wildman–Crippen LogP) is 1.80. The molecular weight excluding hydrogens is 256 g/mol. The van der Waals surface area contributed by atoms with E-state index in [1.807, 2.05) is 6.07 Å². The highest BCUT2D eigenvalue weighted by Crippen LogP contribution is 2.18. The number of pyridine rings is 1. The largest absolute Gasteiger partial charge is 0.497 e. The Balaban J connectivity index is 2.20. The minimum Gasteiger partial charge on any atom is -0.497 e. The maximum atomic E-state index is 12.0. The molecule has 20 heavy (non-hydrogen) atoms. The lowest BCUT2D eigenvalue weighted by molar-refractivity contribution is 0.102. The topological polar surface area (TPSA) is 101 Å². The summed E-state index contributed by atoms with van der Waals surface area (Å²) in [6.07, 6.45) is 1.35. The third-order valence-electron chi connectivity index (χ3n) is 2.65. The molecule has 0 spiro atoms. The summed E-state index contributed by atoms with van der Waals surface area (Å²) in [6.45, 7) is 0. The molecule has 0 aliphatic carbocycles. The molecule has 0 saturated carbocycles. The zero-order valence-electron chi connectivity index (χ0n) is 10.8. The number of nitrogens with one attached hydrogen (secondary N) is 1. The van der Waals surface area contributed by atoms with Gasteiger partial charge in [0.1, 0.15) is 17.6 Å². The second kappa shape index (κ2) is 5.71. The Bertz CT molecular complexity index is 675. The van der Waals surface area contributed by atoms with Gasteiger partial charge in [0.15, 0.2) is 0 Å². The number of carbonyl (C=O) groups excluding carboxylic acids is 1. The van der Waals surface area contributed by atoms with Crippen LogP contribution in [-0.2, 0) is 0 Å². The van der Waals surface area contributed by atoms with Crippen molar-refractivity contribution < 1.29 is 9.53 Å². The zero-order valence-corrected chi connectivity index (χ0v) is 10.8. The first-order valence-corrected chi connectivity index (χ1v) is 5.75. The number of hydrogen-bond acceptors (Lipinski definition) is 5. The van der Waals surface area contributed by atoms with Crippen molar-refractivity contribution >= 4 is 17.4 Å². The van der Waals surface area contributed by atoms with E-state index in [0.29, 0.717) is 22.6 Å². The summed E-state index contributed by atoms with van der Waals surface area (Å²) in [5, 5.41) is 11.4. The van der Waals surface area contributed by atoms with Crippen LogP contribution in [-0.4, -0.2) is 18.0 Å². The molecule has 0 atom stereocenters. The summed E-state index contributed by atoms with van der Waals surface area (Å²) in [5.74, 6) is 0.483. The van der Waals surface area contributed by atoms with Crippen molar-refractivity contribution in [2.24, 2.45) is 0 Å². The summed E-state index contributed by atoms with van der Waals surface area (Å²) in [7, 11) is 1.55. The molecule has 1 aromatic carbocycles. The zero-order chi connectivity index (χ0) is 14.5. The van der Waals surface area contributed by atoms with Crippen molar-refractivity contribution in [3.05, 3.63) is 47.7 Å². The van der Waals surface area contributed by atoms with Crippen LogP contribution in [0, 0.1) is 11.3 Å². The van der Waals surface area contributed by atoms with Gasteiger partial charge in [-0.1, -0.05) is 0 Å². The Morgan fingerprint density at radius 1 is 1.40 bits per heavy atom. The first-order chi connectivity index (χ1) is 9.63. The fourth-order valence-corrected chi connectivity index (χ4v) is 1.57. The maximum absolute atomic E-state index is 12.0. The summed E-state index contributed by atoms with van der Waals surface area (Å²) in [5.41, 5.74) is 6.75. The van der Waals surface area contributed by atoms with Crippen LogP contribution in [0.15, 0.2) is 36.5 Å². The molecule has 0 aliphatic rings. The van der Waals surface area contributed by atoms with Crippen LogP contribution in [0.3, 0.4) is 0 Å². The smallest absolute Gasteiger partial charge is 0.255 e. The van der Waals surface area contributed by atoms with Gasteiger partial charge in [-0.05, 0) is 30.3 Å². The fraction of sp³-hybridized carbons (Fsp3) is 0.0714. The Kier molecular flexibility index (Phi) is 3.82. The van der Waals surface area contributed by atoms with E-state index in [1.165, 1.54) is 12.3 Å². The van der Waals surface area contributed by atoms with Gasteiger partial charge >= 0.3 is 0 Å². The molecule has 2 rings (SSSR count). The number of anilines is 2.